The molecule has 1 amide bonds. The van der Waals surface area contributed by atoms with Crippen LogP contribution in [0.25, 0.3) is 22.3 Å². The number of nitrogens with zero attached hydrogens (tertiary/aromatic N) is 3. The summed E-state index contributed by atoms with van der Waals surface area (Å²) in [5.74, 6) is 4.01. The highest BCUT2D eigenvalue weighted by Crippen LogP contribution is 2.38. The molecule has 0 radical (unpaired) electrons. The maximum Gasteiger partial charge on any atom is 0.417 e. The van der Waals surface area contributed by atoms with Gasteiger partial charge in [-0.1, -0.05) is 30.3 Å². The number of nitrogens with two attached hydrogens (primary N) is 2. The third kappa shape index (κ3) is 3.11. The quantitative estimate of drug-likeness (QED) is 0.378. The van der Waals surface area contributed by atoms with Crippen LogP contribution in [-0.4, -0.2) is 20.7 Å². The molecule has 0 saturated carbocycles. The van der Waals surface area contributed by atoms with E-state index < -0.39 is 24.2 Å². The standard InChI is InChI=1S/C15H13F3N6O/c16-15(17,18)9-6-10(8-4-2-1-3-5-8)21-14-12(9)13(19)23-24(14)7-11(25)22-20/h1-6H,7,20H2,(H2,19,23)(H,22,25). The zero-order valence-corrected chi connectivity index (χ0v) is 12.7. The summed E-state index contributed by atoms with van der Waals surface area (Å²) >= 11 is 0. The van der Waals surface area contributed by atoms with Crippen LogP contribution < -0.4 is 17.0 Å². The van der Waals surface area contributed by atoms with Gasteiger partial charge in [-0.3, -0.25) is 10.2 Å². The SMILES string of the molecule is NNC(=O)Cn1nc(N)c2c(C(F)(F)F)cc(-c3ccccc3)nc21. The maximum atomic E-state index is 13.5. The van der Waals surface area contributed by atoms with Gasteiger partial charge in [0.1, 0.15) is 6.54 Å². The lowest BCUT2D eigenvalue weighted by Crippen LogP contribution is -2.33. The van der Waals surface area contributed by atoms with Gasteiger partial charge in [-0.2, -0.15) is 18.3 Å². The lowest BCUT2D eigenvalue weighted by atomic mass is 10.1. The summed E-state index contributed by atoms with van der Waals surface area (Å²) in [5, 5.41) is 3.45. The number of alkyl halides is 3. The lowest BCUT2D eigenvalue weighted by Gasteiger charge is -2.11. The first kappa shape index (κ1) is 16.7. The van der Waals surface area contributed by atoms with Crippen LogP contribution in [0.5, 0.6) is 0 Å². The van der Waals surface area contributed by atoms with E-state index in [-0.39, 0.29) is 22.5 Å². The minimum atomic E-state index is -4.66. The average molecular weight is 350 g/mol. The van der Waals surface area contributed by atoms with E-state index >= 15 is 0 Å². The summed E-state index contributed by atoms with van der Waals surface area (Å²) in [6.07, 6.45) is -4.66. The number of benzene rings is 1. The fourth-order valence-electron chi connectivity index (χ4n) is 2.47. The number of rotatable bonds is 3. The first-order chi connectivity index (χ1) is 11.8. The summed E-state index contributed by atoms with van der Waals surface area (Å²) in [5.41, 5.74) is 7.01. The van der Waals surface area contributed by atoms with Crippen molar-refractivity contribution in [2.24, 2.45) is 5.84 Å². The number of amides is 1. The molecule has 5 N–H and O–H groups in total. The van der Waals surface area contributed by atoms with Crippen molar-refractivity contribution in [1.29, 1.82) is 0 Å². The molecule has 130 valence electrons. The van der Waals surface area contributed by atoms with Crippen LogP contribution in [0.15, 0.2) is 36.4 Å². The second-order valence-electron chi connectivity index (χ2n) is 5.23. The summed E-state index contributed by atoms with van der Waals surface area (Å²) in [4.78, 5) is 15.7. The van der Waals surface area contributed by atoms with E-state index in [9.17, 15) is 18.0 Å². The normalized spacial score (nSPS) is 11.7. The van der Waals surface area contributed by atoms with E-state index in [1.54, 1.807) is 30.3 Å². The number of hydrogen-bond acceptors (Lipinski definition) is 5. The monoisotopic (exact) mass is 350 g/mol. The molecule has 0 aliphatic carbocycles. The van der Waals surface area contributed by atoms with Gasteiger partial charge in [-0.25, -0.2) is 15.5 Å². The Labute approximate surface area is 139 Å². The van der Waals surface area contributed by atoms with Gasteiger partial charge in [0, 0.05) is 5.56 Å². The third-order valence-corrected chi connectivity index (χ3v) is 3.56. The number of halogens is 3. The number of carbonyl (C=O) groups is 1. The summed E-state index contributed by atoms with van der Waals surface area (Å²) in [6.45, 7) is -0.410. The Bertz CT molecular complexity index is 936. The molecule has 0 fully saturated rings. The van der Waals surface area contributed by atoms with Crippen LogP contribution in [0.3, 0.4) is 0 Å². The maximum absolute atomic E-state index is 13.5. The molecule has 0 atom stereocenters. The number of fused-ring (bicyclic) bond motifs is 1. The van der Waals surface area contributed by atoms with Crippen molar-refractivity contribution in [3.05, 3.63) is 42.0 Å². The Morgan fingerprint density at radius 2 is 1.92 bits per heavy atom. The van der Waals surface area contributed by atoms with Gasteiger partial charge >= 0.3 is 6.18 Å². The number of pyridine rings is 1. The van der Waals surface area contributed by atoms with Crippen LogP contribution in [0.1, 0.15) is 5.56 Å². The van der Waals surface area contributed by atoms with Gasteiger partial charge in [-0.15, -0.1) is 0 Å². The molecular formula is C15H13F3N6O. The molecular weight excluding hydrogens is 337 g/mol. The summed E-state index contributed by atoms with van der Waals surface area (Å²) < 4.78 is 41.5. The fraction of sp³-hybridized carbons (Fsp3) is 0.133. The second-order valence-corrected chi connectivity index (χ2v) is 5.23. The minimum Gasteiger partial charge on any atom is -0.382 e. The molecule has 2 aromatic heterocycles. The highest BCUT2D eigenvalue weighted by molar-refractivity contribution is 5.93. The molecule has 3 aromatic rings. The molecule has 1 aromatic carbocycles. The molecule has 2 heterocycles. The smallest absolute Gasteiger partial charge is 0.382 e. The van der Waals surface area contributed by atoms with Crippen molar-refractivity contribution >= 4 is 22.8 Å². The molecule has 10 heteroatoms. The number of aromatic nitrogens is 3. The number of nitrogen functional groups attached to an aromatic ring is 1. The molecule has 3 rings (SSSR count). The molecule has 0 bridgehead atoms. The molecule has 25 heavy (non-hydrogen) atoms. The van der Waals surface area contributed by atoms with Gasteiger partial charge in [0.05, 0.1) is 16.6 Å². The Morgan fingerprint density at radius 3 is 2.52 bits per heavy atom. The molecule has 0 spiro atoms. The predicted octanol–water partition coefficient (Wildman–Crippen LogP) is 1.69. The lowest BCUT2D eigenvalue weighted by molar-refractivity contribution is -0.136. The Kier molecular flexibility index (Phi) is 4.05. The second kappa shape index (κ2) is 6.06. The average Bonchev–Trinajstić information content (AvgIpc) is 2.89. The van der Waals surface area contributed by atoms with E-state index in [1.807, 2.05) is 5.43 Å². The first-order valence-corrected chi connectivity index (χ1v) is 7.10. The van der Waals surface area contributed by atoms with E-state index in [0.29, 0.717) is 5.56 Å². The van der Waals surface area contributed by atoms with Crippen LogP contribution in [0, 0.1) is 0 Å². The number of hydrazine groups is 1. The van der Waals surface area contributed by atoms with Crippen molar-refractivity contribution in [2.75, 3.05) is 5.73 Å². The minimum absolute atomic E-state index is 0.0923. The number of nitrogens with one attached hydrogen (secondary N) is 1. The van der Waals surface area contributed by atoms with Crippen LogP contribution in [-0.2, 0) is 17.5 Å². The van der Waals surface area contributed by atoms with Crippen LogP contribution in [0.4, 0.5) is 19.0 Å². The Balaban J connectivity index is 2.30. The first-order valence-electron chi connectivity index (χ1n) is 7.10. The largest absolute Gasteiger partial charge is 0.417 e. The highest BCUT2D eigenvalue weighted by atomic mass is 19.4. The number of hydrogen-bond donors (Lipinski definition) is 3. The van der Waals surface area contributed by atoms with Crippen LogP contribution in [0.2, 0.25) is 0 Å². The summed E-state index contributed by atoms with van der Waals surface area (Å²) in [7, 11) is 0. The van der Waals surface area contributed by atoms with Crippen molar-refractivity contribution in [1.82, 2.24) is 20.2 Å². The van der Waals surface area contributed by atoms with E-state index in [2.05, 4.69) is 10.1 Å². The third-order valence-electron chi connectivity index (χ3n) is 3.56. The van der Waals surface area contributed by atoms with Crippen molar-refractivity contribution in [3.8, 4) is 11.3 Å². The van der Waals surface area contributed by atoms with Crippen molar-refractivity contribution in [3.63, 3.8) is 0 Å². The van der Waals surface area contributed by atoms with Gasteiger partial charge < -0.3 is 5.73 Å². The van der Waals surface area contributed by atoms with E-state index in [4.69, 9.17) is 11.6 Å². The van der Waals surface area contributed by atoms with Gasteiger partial charge in [0.2, 0.25) is 0 Å². The highest BCUT2D eigenvalue weighted by Gasteiger charge is 2.36. The number of carbonyl (C=O) groups excluding carboxylic acids is 1. The number of anilines is 1. The zero-order valence-electron chi connectivity index (χ0n) is 12.7. The molecule has 0 aliphatic heterocycles. The van der Waals surface area contributed by atoms with Gasteiger partial charge in [-0.05, 0) is 6.07 Å². The molecule has 0 saturated heterocycles. The Hall–Kier alpha value is -3.14. The van der Waals surface area contributed by atoms with Gasteiger partial charge in [0.15, 0.2) is 11.5 Å². The van der Waals surface area contributed by atoms with Crippen molar-refractivity contribution in [2.45, 2.75) is 12.7 Å². The van der Waals surface area contributed by atoms with E-state index in [0.717, 1.165) is 10.7 Å². The summed E-state index contributed by atoms with van der Waals surface area (Å²) in [6, 6.07) is 9.28. The fourth-order valence-corrected chi connectivity index (χ4v) is 2.47. The Morgan fingerprint density at radius 1 is 1.24 bits per heavy atom. The van der Waals surface area contributed by atoms with E-state index in [1.165, 1.54) is 0 Å². The topological polar surface area (TPSA) is 112 Å². The zero-order chi connectivity index (χ0) is 18.2. The van der Waals surface area contributed by atoms with Gasteiger partial charge in [0.25, 0.3) is 5.91 Å². The molecule has 7 nitrogen and oxygen atoms in total. The molecule has 0 unspecified atom stereocenters. The van der Waals surface area contributed by atoms with Crippen LogP contribution >= 0.6 is 0 Å². The molecule has 0 aliphatic rings. The predicted molar refractivity (Wildman–Crippen MR) is 84.7 cm³/mol. The van der Waals surface area contributed by atoms with Crippen molar-refractivity contribution < 1.29 is 18.0 Å².